The van der Waals surface area contributed by atoms with E-state index in [1.54, 1.807) is 0 Å². The van der Waals surface area contributed by atoms with Gasteiger partial charge in [-0.25, -0.2) is 0 Å². The van der Waals surface area contributed by atoms with Crippen molar-refractivity contribution in [3.63, 3.8) is 0 Å². The van der Waals surface area contributed by atoms with E-state index in [0.29, 0.717) is 0 Å². The van der Waals surface area contributed by atoms with Gasteiger partial charge < -0.3 is 5.32 Å². The fourth-order valence-electron chi connectivity index (χ4n) is 1.33. The minimum absolute atomic E-state index is 0. The van der Waals surface area contributed by atoms with Gasteiger partial charge in [-0.2, -0.15) is 0 Å². The minimum Gasteiger partial charge on any atom is -0.312 e. The number of hydrogen-bond donors (Lipinski definition) is 1. The van der Waals surface area contributed by atoms with Crippen molar-refractivity contribution in [2.75, 3.05) is 6.54 Å². The van der Waals surface area contributed by atoms with Gasteiger partial charge in [-0.15, -0.1) is 34.0 Å². The van der Waals surface area contributed by atoms with Gasteiger partial charge in [0, 0.05) is 41.4 Å². The van der Waals surface area contributed by atoms with Crippen LogP contribution in [0.1, 0.15) is 11.3 Å². The molecule has 1 aromatic heterocycles. The summed E-state index contributed by atoms with van der Waals surface area (Å²) in [4.78, 5) is 4.31. The molecule has 0 unspecified atom stereocenters. The molecule has 2 rings (SSSR count). The van der Waals surface area contributed by atoms with Crippen molar-refractivity contribution in [3.05, 3.63) is 28.0 Å². The third kappa shape index (κ3) is 3.01. The zero-order valence-corrected chi connectivity index (χ0v) is 11.9. The van der Waals surface area contributed by atoms with Gasteiger partial charge in [0.05, 0.1) is 0 Å². The molecular formula is C8H11Br3N2. The Morgan fingerprint density at radius 3 is 2.85 bits per heavy atom. The van der Waals surface area contributed by atoms with Gasteiger partial charge in [0.2, 0.25) is 0 Å². The molecule has 0 aromatic carbocycles. The Labute approximate surface area is 107 Å². The Hall–Kier alpha value is 0.550. The number of aromatic nitrogens is 1. The first-order chi connectivity index (χ1) is 5.38. The zero-order chi connectivity index (χ0) is 7.68. The Morgan fingerprint density at radius 2 is 2.15 bits per heavy atom. The predicted molar refractivity (Wildman–Crippen MR) is 68.0 cm³/mol. The summed E-state index contributed by atoms with van der Waals surface area (Å²) in [6, 6.07) is 1.99. The Bertz CT molecular complexity index is 278. The highest BCUT2D eigenvalue weighted by atomic mass is 79.9. The number of nitrogens with one attached hydrogen (secondary N) is 1. The molecule has 1 aromatic rings. The van der Waals surface area contributed by atoms with E-state index in [1.165, 1.54) is 15.7 Å². The Morgan fingerprint density at radius 1 is 1.38 bits per heavy atom. The van der Waals surface area contributed by atoms with E-state index in [2.05, 4.69) is 26.2 Å². The molecule has 0 saturated heterocycles. The Balaban J connectivity index is 0.000000720. The van der Waals surface area contributed by atoms with Crippen LogP contribution in [-0.2, 0) is 13.0 Å². The molecule has 0 spiro atoms. The van der Waals surface area contributed by atoms with Gasteiger partial charge in [0.1, 0.15) is 0 Å². The molecule has 5 heteroatoms. The van der Waals surface area contributed by atoms with Crippen molar-refractivity contribution in [2.45, 2.75) is 13.0 Å². The van der Waals surface area contributed by atoms with Crippen LogP contribution >= 0.6 is 49.9 Å². The van der Waals surface area contributed by atoms with E-state index in [4.69, 9.17) is 0 Å². The summed E-state index contributed by atoms with van der Waals surface area (Å²) in [5.41, 5.74) is 2.55. The summed E-state index contributed by atoms with van der Waals surface area (Å²) in [6.07, 6.45) is 2.91. The molecule has 1 aliphatic heterocycles. The summed E-state index contributed by atoms with van der Waals surface area (Å²) in [5.74, 6) is 0. The van der Waals surface area contributed by atoms with Crippen molar-refractivity contribution in [1.82, 2.24) is 10.3 Å². The molecule has 0 aliphatic carbocycles. The van der Waals surface area contributed by atoms with E-state index in [0.717, 1.165) is 19.5 Å². The molecule has 2 nitrogen and oxygen atoms in total. The van der Waals surface area contributed by atoms with Crippen molar-refractivity contribution >= 4 is 49.9 Å². The summed E-state index contributed by atoms with van der Waals surface area (Å²) in [6.45, 7) is 2.00. The van der Waals surface area contributed by atoms with Gasteiger partial charge in [-0.1, -0.05) is 15.9 Å². The highest BCUT2D eigenvalue weighted by Gasteiger charge is 2.11. The number of rotatable bonds is 0. The topological polar surface area (TPSA) is 24.9 Å². The lowest BCUT2D eigenvalue weighted by molar-refractivity contribution is 0.628. The summed E-state index contributed by atoms with van der Waals surface area (Å²) in [7, 11) is 0. The van der Waals surface area contributed by atoms with E-state index in [-0.39, 0.29) is 34.0 Å². The van der Waals surface area contributed by atoms with Crippen LogP contribution in [0.3, 0.4) is 0 Å². The molecule has 0 radical (unpaired) electrons. The zero-order valence-electron chi connectivity index (χ0n) is 6.92. The van der Waals surface area contributed by atoms with E-state index >= 15 is 0 Å². The van der Waals surface area contributed by atoms with E-state index in [1.807, 2.05) is 12.3 Å². The van der Waals surface area contributed by atoms with Crippen LogP contribution in [-0.4, -0.2) is 11.5 Å². The fraction of sp³-hybridized carbons (Fsp3) is 0.375. The molecule has 13 heavy (non-hydrogen) atoms. The van der Waals surface area contributed by atoms with Crippen LogP contribution < -0.4 is 5.32 Å². The molecule has 1 N–H and O–H groups in total. The van der Waals surface area contributed by atoms with Crippen LogP contribution in [0, 0.1) is 0 Å². The molecule has 0 amide bonds. The Kier molecular flexibility index (Phi) is 6.37. The third-order valence-electron chi connectivity index (χ3n) is 1.93. The highest BCUT2D eigenvalue weighted by molar-refractivity contribution is 9.10. The third-order valence-corrected chi connectivity index (χ3v) is 2.67. The number of hydrogen-bond acceptors (Lipinski definition) is 2. The first-order valence-electron chi connectivity index (χ1n) is 3.71. The first-order valence-corrected chi connectivity index (χ1v) is 4.50. The summed E-state index contributed by atoms with van der Waals surface area (Å²) in [5, 5.41) is 3.31. The van der Waals surface area contributed by atoms with Gasteiger partial charge in [-0.3, -0.25) is 4.98 Å². The molecule has 0 bridgehead atoms. The van der Waals surface area contributed by atoms with Crippen LogP contribution in [0.5, 0.6) is 0 Å². The van der Waals surface area contributed by atoms with Crippen LogP contribution in [0.25, 0.3) is 0 Å². The first kappa shape index (κ1) is 13.5. The summed E-state index contributed by atoms with van der Waals surface area (Å²) < 4.78 is 1.18. The quantitative estimate of drug-likeness (QED) is 0.755. The molecule has 74 valence electrons. The number of fused-ring (bicyclic) bond motifs is 1. The van der Waals surface area contributed by atoms with Crippen LogP contribution in [0.4, 0.5) is 0 Å². The largest absolute Gasteiger partial charge is 0.312 e. The lowest BCUT2D eigenvalue weighted by Gasteiger charge is -2.16. The second kappa shape index (κ2) is 6.11. The second-order valence-electron chi connectivity index (χ2n) is 2.64. The molecule has 2 heterocycles. The number of pyridine rings is 1. The average molecular weight is 375 g/mol. The summed E-state index contributed by atoms with van der Waals surface area (Å²) >= 11 is 3.50. The maximum absolute atomic E-state index is 4.31. The number of nitrogens with zero attached hydrogens (tertiary/aromatic N) is 1. The minimum atomic E-state index is 0. The van der Waals surface area contributed by atoms with Crippen LogP contribution in [0.15, 0.2) is 16.7 Å². The van der Waals surface area contributed by atoms with Gasteiger partial charge in [0.25, 0.3) is 0 Å². The maximum Gasteiger partial charge on any atom is 0.0472 e. The van der Waals surface area contributed by atoms with Crippen molar-refractivity contribution in [1.29, 1.82) is 0 Å². The fourth-order valence-corrected chi connectivity index (χ4v) is 1.82. The smallest absolute Gasteiger partial charge is 0.0472 e. The maximum atomic E-state index is 4.31. The average Bonchev–Trinajstić information content (AvgIpc) is 2.06. The standard InChI is InChI=1S/C8H9BrN2.2BrH/c9-7-1-4-11-8-2-3-10-5-6(7)8;;/h1,4,10H,2-3,5H2;2*1H. The van der Waals surface area contributed by atoms with E-state index in [9.17, 15) is 0 Å². The molecule has 1 aliphatic rings. The lowest BCUT2D eigenvalue weighted by atomic mass is 10.1. The van der Waals surface area contributed by atoms with Crippen molar-refractivity contribution in [3.8, 4) is 0 Å². The monoisotopic (exact) mass is 372 g/mol. The molecule has 0 atom stereocenters. The normalized spacial score (nSPS) is 13.6. The number of halogens is 3. The van der Waals surface area contributed by atoms with Gasteiger partial charge in [0.15, 0.2) is 0 Å². The van der Waals surface area contributed by atoms with Crippen molar-refractivity contribution < 1.29 is 0 Å². The van der Waals surface area contributed by atoms with E-state index < -0.39 is 0 Å². The molecular weight excluding hydrogens is 364 g/mol. The molecule has 0 saturated carbocycles. The lowest BCUT2D eigenvalue weighted by Crippen LogP contribution is -2.24. The highest BCUT2D eigenvalue weighted by Crippen LogP contribution is 2.20. The van der Waals surface area contributed by atoms with Crippen LogP contribution in [0.2, 0.25) is 0 Å². The SMILES string of the molecule is Br.Br.Brc1ccnc2c1CNCC2. The molecule has 0 fully saturated rings. The second-order valence-corrected chi connectivity index (χ2v) is 3.50. The van der Waals surface area contributed by atoms with Crippen molar-refractivity contribution in [2.24, 2.45) is 0 Å². The van der Waals surface area contributed by atoms with Gasteiger partial charge in [-0.05, 0) is 6.07 Å². The predicted octanol–water partition coefficient (Wildman–Crippen LogP) is 2.65. The van der Waals surface area contributed by atoms with Gasteiger partial charge >= 0.3 is 0 Å².